The summed E-state index contributed by atoms with van der Waals surface area (Å²) in [6.07, 6.45) is 0. The molecule has 0 saturated carbocycles. The zero-order valence-electron chi connectivity index (χ0n) is 16.9. The summed E-state index contributed by atoms with van der Waals surface area (Å²) in [6.45, 7) is 7.37. The van der Waals surface area contributed by atoms with Gasteiger partial charge in [-0.15, -0.1) is 0 Å². The fraction of sp³-hybridized carbons (Fsp3) is 0.450. The van der Waals surface area contributed by atoms with Crippen LogP contribution in [0.5, 0.6) is 11.5 Å². The fourth-order valence-electron chi connectivity index (χ4n) is 3.35. The number of hydrogen-bond donors (Lipinski definition) is 1. The van der Waals surface area contributed by atoms with Crippen molar-refractivity contribution in [3.63, 3.8) is 0 Å². The van der Waals surface area contributed by atoms with Gasteiger partial charge < -0.3 is 24.6 Å². The number of amides is 1. The van der Waals surface area contributed by atoms with Crippen LogP contribution in [0.25, 0.3) is 0 Å². The minimum absolute atomic E-state index is 0.0531. The van der Waals surface area contributed by atoms with Gasteiger partial charge >= 0.3 is 0 Å². The quantitative estimate of drug-likeness (QED) is 0.816. The number of methoxy groups -OCH3 is 2. The van der Waals surface area contributed by atoms with Crippen molar-refractivity contribution in [2.45, 2.75) is 13.8 Å². The number of carbonyl (C=O) groups excluding carboxylic acids is 1. The molecule has 1 aliphatic heterocycles. The Morgan fingerprint density at radius 2 is 1.89 bits per heavy atom. The fourth-order valence-corrected chi connectivity index (χ4v) is 3.35. The van der Waals surface area contributed by atoms with E-state index in [4.69, 9.17) is 9.47 Å². The van der Waals surface area contributed by atoms with Gasteiger partial charge in [-0.25, -0.2) is 9.97 Å². The molecule has 8 nitrogen and oxygen atoms in total. The van der Waals surface area contributed by atoms with E-state index >= 15 is 0 Å². The second kappa shape index (κ2) is 8.77. The van der Waals surface area contributed by atoms with E-state index in [1.165, 1.54) is 0 Å². The second-order valence-corrected chi connectivity index (χ2v) is 6.51. The van der Waals surface area contributed by atoms with E-state index in [-0.39, 0.29) is 5.91 Å². The molecule has 1 N–H and O–H groups in total. The molecule has 8 heteroatoms. The predicted octanol–water partition coefficient (Wildman–Crippen LogP) is 2.20. The zero-order chi connectivity index (χ0) is 20.1. The molecule has 1 aliphatic rings. The highest BCUT2D eigenvalue weighted by atomic mass is 16.5. The van der Waals surface area contributed by atoms with Crippen LogP contribution in [-0.2, 0) is 0 Å². The summed E-state index contributed by atoms with van der Waals surface area (Å²) in [6, 6.07) is 7.31. The van der Waals surface area contributed by atoms with Gasteiger partial charge in [0.05, 0.1) is 19.8 Å². The molecule has 1 aromatic heterocycles. The molecule has 0 spiro atoms. The van der Waals surface area contributed by atoms with Crippen molar-refractivity contribution in [3.8, 4) is 11.5 Å². The average molecular weight is 385 g/mol. The Morgan fingerprint density at radius 1 is 1.14 bits per heavy atom. The Morgan fingerprint density at radius 3 is 2.54 bits per heavy atom. The van der Waals surface area contributed by atoms with E-state index in [1.54, 1.807) is 32.4 Å². The number of ether oxygens (including phenoxy) is 2. The highest BCUT2D eigenvalue weighted by molar-refractivity contribution is 5.98. The molecular weight excluding hydrogens is 358 g/mol. The molecule has 1 aromatic carbocycles. The minimum Gasteiger partial charge on any atom is -0.493 e. The lowest BCUT2D eigenvalue weighted by atomic mass is 10.1. The lowest BCUT2D eigenvalue weighted by molar-refractivity contribution is 0.0742. The van der Waals surface area contributed by atoms with Gasteiger partial charge in [-0.05, 0) is 26.0 Å². The molecule has 1 fully saturated rings. The molecule has 3 rings (SSSR count). The molecule has 0 unspecified atom stereocenters. The summed E-state index contributed by atoms with van der Waals surface area (Å²) in [7, 11) is 3.11. The Balaban J connectivity index is 1.71. The maximum atomic E-state index is 13.0. The topological polar surface area (TPSA) is 79.8 Å². The van der Waals surface area contributed by atoms with Crippen molar-refractivity contribution < 1.29 is 14.3 Å². The molecule has 0 aliphatic carbocycles. The van der Waals surface area contributed by atoms with Gasteiger partial charge in [-0.3, -0.25) is 4.79 Å². The normalized spacial score (nSPS) is 14.0. The van der Waals surface area contributed by atoms with Gasteiger partial charge in [0, 0.05) is 38.8 Å². The standard InChI is InChI=1S/C20H27N5O3/c1-5-21-17-13-18(23-14(2)22-17)24-9-11-25(12-10-24)20(26)15-7-6-8-16(27-3)19(15)28-4/h6-8,13H,5,9-12H2,1-4H3,(H,21,22,23). The summed E-state index contributed by atoms with van der Waals surface area (Å²) in [5.74, 6) is 3.41. The van der Waals surface area contributed by atoms with E-state index < -0.39 is 0 Å². The van der Waals surface area contributed by atoms with Gasteiger partial charge in [-0.1, -0.05) is 6.07 Å². The summed E-state index contributed by atoms with van der Waals surface area (Å²) < 4.78 is 10.7. The maximum absolute atomic E-state index is 13.0. The number of piperazine rings is 1. The van der Waals surface area contributed by atoms with Crippen LogP contribution in [0.2, 0.25) is 0 Å². The van der Waals surface area contributed by atoms with Crippen LogP contribution in [0.15, 0.2) is 24.3 Å². The lowest BCUT2D eigenvalue weighted by Crippen LogP contribution is -2.49. The van der Waals surface area contributed by atoms with Crippen molar-refractivity contribution in [1.82, 2.24) is 14.9 Å². The number of aromatic nitrogens is 2. The van der Waals surface area contributed by atoms with Crippen molar-refractivity contribution in [3.05, 3.63) is 35.7 Å². The molecular formula is C20H27N5O3. The van der Waals surface area contributed by atoms with Crippen LogP contribution in [0, 0.1) is 6.92 Å². The Labute approximate surface area is 165 Å². The summed E-state index contributed by atoms with van der Waals surface area (Å²) in [5, 5.41) is 3.23. The summed E-state index contributed by atoms with van der Waals surface area (Å²) >= 11 is 0. The first-order valence-electron chi connectivity index (χ1n) is 9.42. The van der Waals surface area contributed by atoms with Crippen LogP contribution >= 0.6 is 0 Å². The third-order valence-corrected chi connectivity index (χ3v) is 4.71. The number of carbonyl (C=O) groups is 1. The Bertz CT molecular complexity index is 835. The summed E-state index contributed by atoms with van der Waals surface area (Å²) in [4.78, 5) is 26.0. The number of nitrogens with zero attached hydrogens (tertiary/aromatic N) is 4. The number of anilines is 2. The predicted molar refractivity (Wildman–Crippen MR) is 109 cm³/mol. The smallest absolute Gasteiger partial charge is 0.257 e. The van der Waals surface area contributed by atoms with Gasteiger partial charge in [0.15, 0.2) is 11.5 Å². The lowest BCUT2D eigenvalue weighted by Gasteiger charge is -2.35. The summed E-state index contributed by atoms with van der Waals surface area (Å²) in [5.41, 5.74) is 0.516. The number of benzene rings is 1. The number of hydrogen-bond acceptors (Lipinski definition) is 7. The number of aryl methyl sites for hydroxylation is 1. The molecule has 0 radical (unpaired) electrons. The van der Waals surface area contributed by atoms with Crippen LogP contribution in [0.4, 0.5) is 11.6 Å². The molecule has 0 bridgehead atoms. The third-order valence-electron chi connectivity index (χ3n) is 4.71. The number of para-hydroxylation sites is 1. The minimum atomic E-state index is -0.0531. The van der Waals surface area contributed by atoms with Crippen molar-refractivity contribution in [2.75, 3.05) is 57.2 Å². The second-order valence-electron chi connectivity index (χ2n) is 6.51. The zero-order valence-corrected chi connectivity index (χ0v) is 16.9. The Kier molecular flexibility index (Phi) is 6.18. The van der Waals surface area contributed by atoms with Gasteiger partial charge in [-0.2, -0.15) is 0 Å². The highest BCUT2D eigenvalue weighted by Gasteiger charge is 2.26. The maximum Gasteiger partial charge on any atom is 0.257 e. The molecule has 2 aromatic rings. The number of rotatable bonds is 6. The highest BCUT2D eigenvalue weighted by Crippen LogP contribution is 2.31. The average Bonchev–Trinajstić information content (AvgIpc) is 2.72. The molecule has 2 heterocycles. The van der Waals surface area contributed by atoms with Gasteiger partial charge in [0.1, 0.15) is 17.5 Å². The molecule has 0 atom stereocenters. The van der Waals surface area contributed by atoms with E-state index in [0.717, 1.165) is 24.0 Å². The first-order chi connectivity index (χ1) is 13.6. The third kappa shape index (κ3) is 4.11. The van der Waals surface area contributed by atoms with E-state index in [9.17, 15) is 4.79 Å². The van der Waals surface area contributed by atoms with E-state index in [1.807, 2.05) is 24.8 Å². The largest absolute Gasteiger partial charge is 0.493 e. The van der Waals surface area contributed by atoms with E-state index in [0.29, 0.717) is 43.2 Å². The first kappa shape index (κ1) is 19.7. The van der Waals surface area contributed by atoms with Gasteiger partial charge in [0.2, 0.25) is 0 Å². The van der Waals surface area contributed by atoms with Gasteiger partial charge in [0.25, 0.3) is 5.91 Å². The van der Waals surface area contributed by atoms with Crippen LogP contribution in [-0.4, -0.2) is 67.7 Å². The van der Waals surface area contributed by atoms with Crippen molar-refractivity contribution in [2.24, 2.45) is 0 Å². The van der Waals surface area contributed by atoms with Crippen molar-refractivity contribution in [1.29, 1.82) is 0 Å². The van der Waals surface area contributed by atoms with Crippen LogP contribution in [0.1, 0.15) is 23.1 Å². The first-order valence-corrected chi connectivity index (χ1v) is 9.42. The molecule has 1 saturated heterocycles. The Hall–Kier alpha value is -3.03. The molecule has 28 heavy (non-hydrogen) atoms. The van der Waals surface area contributed by atoms with Crippen LogP contribution < -0.4 is 19.7 Å². The van der Waals surface area contributed by atoms with E-state index in [2.05, 4.69) is 20.2 Å². The SMILES string of the molecule is CCNc1cc(N2CCN(C(=O)c3cccc(OC)c3OC)CC2)nc(C)n1. The molecule has 150 valence electrons. The van der Waals surface area contributed by atoms with Crippen molar-refractivity contribution >= 4 is 17.5 Å². The molecule has 1 amide bonds. The van der Waals surface area contributed by atoms with Crippen LogP contribution in [0.3, 0.4) is 0 Å². The monoisotopic (exact) mass is 385 g/mol. The number of nitrogens with one attached hydrogen (secondary N) is 1.